The number of terminal acetylenes is 1. The van der Waals surface area contributed by atoms with Crippen LogP contribution in [0.4, 0.5) is 0 Å². The Morgan fingerprint density at radius 1 is 1.28 bits per heavy atom. The van der Waals surface area contributed by atoms with E-state index in [1.54, 1.807) is 7.11 Å². The molecule has 1 aliphatic carbocycles. The first-order valence-corrected chi connectivity index (χ1v) is 8.45. The van der Waals surface area contributed by atoms with Crippen molar-refractivity contribution in [2.45, 2.75) is 20.8 Å². The molecule has 0 saturated heterocycles. The van der Waals surface area contributed by atoms with Crippen molar-refractivity contribution in [1.29, 1.82) is 0 Å². The Morgan fingerprint density at radius 3 is 2.56 bits per heavy atom. The molecule has 2 rings (SSSR count). The van der Waals surface area contributed by atoms with E-state index >= 15 is 0 Å². The lowest BCUT2D eigenvalue weighted by Crippen LogP contribution is -2.12. The van der Waals surface area contributed by atoms with Crippen molar-refractivity contribution in [2.24, 2.45) is 17.3 Å². The van der Waals surface area contributed by atoms with E-state index in [2.05, 4.69) is 25.8 Å². The van der Waals surface area contributed by atoms with Crippen molar-refractivity contribution in [3.63, 3.8) is 0 Å². The fourth-order valence-electron chi connectivity index (χ4n) is 3.14. The summed E-state index contributed by atoms with van der Waals surface area (Å²) in [4.78, 5) is 12.5. The average Bonchev–Trinajstić information content (AvgIpc) is 3.12. The van der Waals surface area contributed by atoms with Crippen LogP contribution in [0, 0.1) is 29.6 Å². The molecule has 2 atom stereocenters. The molecule has 1 aromatic carbocycles. The van der Waals surface area contributed by atoms with Gasteiger partial charge in [0.2, 0.25) is 0 Å². The normalized spacial score (nSPS) is 22.2. The lowest BCUT2D eigenvalue weighted by molar-refractivity contribution is -0.145. The van der Waals surface area contributed by atoms with E-state index in [0.717, 1.165) is 11.1 Å². The van der Waals surface area contributed by atoms with E-state index in [-0.39, 0.29) is 29.8 Å². The smallest absolute Gasteiger partial charge is 0.310 e. The first kappa shape index (κ1) is 19.0. The Kier molecular flexibility index (Phi) is 6.22. The molecule has 0 N–H and O–H groups in total. The third kappa shape index (κ3) is 4.84. The van der Waals surface area contributed by atoms with Crippen LogP contribution in [0.3, 0.4) is 0 Å². The molecule has 1 saturated carbocycles. The van der Waals surface area contributed by atoms with Gasteiger partial charge in [-0.15, -0.1) is 6.42 Å². The van der Waals surface area contributed by atoms with Gasteiger partial charge in [-0.3, -0.25) is 4.79 Å². The monoisotopic (exact) mass is 338 g/mol. The molecule has 3 heteroatoms. The summed E-state index contributed by atoms with van der Waals surface area (Å²) in [5, 5.41) is 0. The van der Waals surface area contributed by atoms with Gasteiger partial charge in [0.25, 0.3) is 0 Å². The van der Waals surface area contributed by atoms with Crippen LogP contribution in [-0.2, 0) is 14.3 Å². The van der Waals surface area contributed by atoms with Crippen molar-refractivity contribution in [1.82, 2.24) is 0 Å². The van der Waals surface area contributed by atoms with E-state index in [0.29, 0.717) is 12.2 Å². The zero-order valence-electron chi connectivity index (χ0n) is 15.4. The molecule has 0 aromatic heterocycles. The second-order valence-electron chi connectivity index (χ2n) is 7.10. The van der Waals surface area contributed by atoms with Gasteiger partial charge in [-0.2, -0.15) is 0 Å². The highest BCUT2D eigenvalue weighted by molar-refractivity contribution is 5.78. The van der Waals surface area contributed by atoms with Crippen LogP contribution < -0.4 is 0 Å². The van der Waals surface area contributed by atoms with Gasteiger partial charge < -0.3 is 9.47 Å². The minimum Gasteiger partial charge on any atom is -0.460 e. The number of benzene rings is 1. The lowest BCUT2D eigenvalue weighted by Gasteiger charge is -2.06. The van der Waals surface area contributed by atoms with Crippen molar-refractivity contribution in [3.05, 3.63) is 53.1 Å². The van der Waals surface area contributed by atoms with Crippen LogP contribution in [0.25, 0.3) is 6.08 Å². The molecule has 1 fully saturated rings. The minimum atomic E-state index is -0.189. The van der Waals surface area contributed by atoms with Crippen molar-refractivity contribution >= 4 is 12.0 Å². The molecule has 0 amide bonds. The third-order valence-electron chi connectivity index (χ3n) is 4.70. The number of carbonyl (C=O) groups excluding carboxylic acids is 1. The van der Waals surface area contributed by atoms with E-state index in [9.17, 15) is 4.79 Å². The number of allylic oxidation sites excluding steroid dienone is 1. The maximum absolute atomic E-state index is 12.5. The second-order valence-corrected chi connectivity index (χ2v) is 7.10. The Bertz CT molecular complexity index is 705. The Balaban J connectivity index is 1.97. The zero-order chi connectivity index (χ0) is 18.4. The maximum Gasteiger partial charge on any atom is 0.310 e. The summed E-state index contributed by atoms with van der Waals surface area (Å²) in [6.45, 7) is 6.89. The van der Waals surface area contributed by atoms with Crippen LogP contribution in [-0.4, -0.2) is 26.3 Å². The summed E-state index contributed by atoms with van der Waals surface area (Å²) in [6, 6.07) is 9.75. The first-order chi connectivity index (χ1) is 11.9. The standard InChI is InChI=1S/C22H26O3/c1-6-17(13-18-10-8-7-9-11-18)15-25-21(23)20-19(22(20,3)4)12-16(2)14-24-5/h1,7-13,19-20H,14-15H2,2-5H3. The number of hydrogen-bond acceptors (Lipinski definition) is 3. The van der Waals surface area contributed by atoms with E-state index in [1.165, 1.54) is 0 Å². The quantitative estimate of drug-likeness (QED) is 0.426. The summed E-state index contributed by atoms with van der Waals surface area (Å²) in [5.74, 6) is 2.47. The number of hydrogen-bond donors (Lipinski definition) is 0. The molecule has 0 bridgehead atoms. The van der Waals surface area contributed by atoms with Crippen molar-refractivity contribution in [3.8, 4) is 12.3 Å². The summed E-state index contributed by atoms with van der Waals surface area (Å²) >= 11 is 0. The number of esters is 1. The molecule has 0 aliphatic heterocycles. The summed E-state index contributed by atoms with van der Waals surface area (Å²) < 4.78 is 10.6. The fraction of sp³-hybridized carbons (Fsp3) is 0.409. The van der Waals surface area contributed by atoms with Gasteiger partial charge in [-0.25, -0.2) is 0 Å². The van der Waals surface area contributed by atoms with Gasteiger partial charge in [0.1, 0.15) is 6.61 Å². The van der Waals surface area contributed by atoms with Gasteiger partial charge in [-0.05, 0) is 29.9 Å². The maximum atomic E-state index is 12.5. The van der Waals surface area contributed by atoms with Crippen LogP contribution in [0.5, 0.6) is 0 Å². The van der Waals surface area contributed by atoms with Gasteiger partial charge in [0.05, 0.1) is 12.5 Å². The van der Waals surface area contributed by atoms with E-state index in [1.807, 2.05) is 43.3 Å². The van der Waals surface area contributed by atoms with Crippen LogP contribution in [0.1, 0.15) is 26.3 Å². The first-order valence-electron chi connectivity index (χ1n) is 8.45. The molecule has 1 aliphatic rings. The fourth-order valence-corrected chi connectivity index (χ4v) is 3.14. The Labute approximate surface area is 150 Å². The van der Waals surface area contributed by atoms with E-state index in [4.69, 9.17) is 15.9 Å². The SMILES string of the molecule is C#CC(=Cc1ccccc1)COC(=O)C1C(C=C(C)COC)C1(C)C. The van der Waals surface area contributed by atoms with Gasteiger partial charge >= 0.3 is 5.97 Å². The highest BCUT2D eigenvalue weighted by Crippen LogP contribution is 2.59. The molecule has 132 valence electrons. The summed E-state index contributed by atoms with van der Waals surface area (Å²) in [7, 11) is 1.67. The highest BCUT2D eigenvalue weighted by Gasteiger charge is 2.61. The number of ether oxygens (including phenoxy) is 2. The number of carbonyl (C=O) groups is 1. The van der Waals surface area contributed by atoms with Crippen molar-refractivity contribution < 1.29 is 14.3 Å². The van der Waals surface area contributed by atoms with Crippen LogP contribution in [0.15, 0.2) is 47.6 Å². The number of methoxy groups -OCH3 is 1. The molecule has 25 heavy (non-hydrogen) atoms. The average molecular weight is 338 g/mol. The molecule has 2 unspecified atom stereocenters. The Morgan fingerprint density at radius 2 is 1.96 bits per heavy atom. The molecule has 0 radical (unpaired) electrons. The largest absolute Gasteiger partial charge is 0.460 e. The topological polar surface area (TPSA) is 35.5 Å². The zero-order valence-corrected chi connectivity index (χ0v) is 15.4. The Hall–Kier alpha value is -2.31. The van der Waals surface area contributed by atoms with E-state index < -0.39 is 0 Å². The van der Waals surface area contributed by atoms with Gasteiger partial charge in [0, 0.05) is 12.7 Å². The predicted molar refractivity (Wildman–Crippen MR) is 101 cm³/mol. The predicted octanol–water partition coefficient (Wildman–Crippen LogP) is 4.11. The van der Waals surface area contributed by atoms with Crippen molar-refractivity contribution in [2.75, 3.05) is 20.3 Å². The second kappa shape index (κ2) is 8.18. The molecule has 0 heterocycles. The summed E-state index contributed by atoms with van der Waals surface area (Å²) in [5.41, 5.74) is 2.69. The molecule has 1 aromatic rings. The third-order valence-corrected chi connectivity index (χ3v) is 4.70. The van der Waals surface area contributed by atoms with Crippen LogP contribution in [0.2, 0.25) is 0 Å². The molecule has 3 nitrogen and oxygen atoms in total. The molecule has 0 spiro atoms. The van der Waals surface area contributed by atoms with Gasteiger partial charge in [-0.1, -0.05) is 61.7 Å². The van der Waals surface area contributed by atoms with Gasteiger partial charge in [0.15, 0.2) is 0 Å². The molecular formula is C22H26O3. The number of rotatable bonds is 7. The van der Waals surface area contributed by atoms with Crippen LogP contribution >= 0.6 is 0 Å². The highest BCUT2D eigenvalue weighted by atomic mass is 16.5. The minimum absolute atomic E-state index is 0.0917. The lowest BCUT2D eigenvalue weighted by atomic mass is 10.1. The molecular weight excluding hydrogens is 312 g/mol. The summed E-state index contributed by atoms with van der Waals surface area (Å²) in [6.07, 6.45) is 9.53.